The number of hydrogen-bond donors (Lipinski definition) is 1. The maximum atomic E-state index is 12.0. The summed E-state index contributed by atoms with van der Waals surface area (Å²) in [5.41, 5.74) is 3.22. The Hall–Kier alpha value is -2.49. The van der Waals surface area contributed by atoms with Crippen molar-refractivity contribution in [3.05, 3.63) is 59.2 Å². The molecule has 0 bridgehead atoms. The number of methoxy groups -OCH3 is 2. The zero-order chi connectivity index (χ0) is 16.7. The predicted octanol–water partition coefficient (Wildman–Crippen LogP) is 3.26. The second kappa shape index (κ2) is 8.22. The molecule has 0 fully saturated rings. The molecular formula is C19H23NO3. The van der Waals surface area contributed by atoms with Gasteiger partial charge >= 0.3 is 0 Å². The van der Waals surface area contributed by atoms with Crippen LogP contribution in [0.2, 0.25) is 0 Å². The van der Waals surface area contributed by atoms with Gasteiger partial charge in [0.2, 0.25) is 5.91 Å². The number of carbonyl (C=O) groups excluding carboxylic acids is 1. The number of ether oxygens (including phenoxy) is 2. The van der Waals surface area contributed by atoms with E-state index < -0.39 is 0 Å². The molecule has 2 aromatic carbocycles. The van der Waals surface area contributed by atoms with Gasteiger partial charge in [-0.3, -0.25) is 4.79 Å². The Bertz CT molecular complexity index is 667. The topological polar surface area (TPSA) is 47.6 Å². The molecule has 0 aliphatic heterocycles. The molecule has 0 saturated heterocycles. The standard InChI is InChI=1S/C19H23NO3/c1-14-7-9-18(23-3)16(11-14)13-20-19(21)10-8-15-5-4-6-17(12-15)22-2/h4-7,9,11-12H,8,10,13H2,1-3H3,(H,20,21). The highest BCUT2D eigenvalue weighted by Crippen LogP contribution is 2.19. The van der Waals surface area contributed by atoms with Gasteiger partial charge in [0.05, 0.1) is 14.2 Å². The Morgan fingerprint density at radius 1 is 1.09 bits per heavy atom. The Labute approximate surface area is 137 Å². The van der Waals surface area contributed by atoms with Gasteiger partial charge < -0.3 is 14.8 Å². The van der Waals surface area contributed by atoms with Crippen LogP contribution in [0.25, 0.3) is 0 Å². The van der Waals surface area contributed by atoms with Crippen molar-refractivity contribution in [2.24, 2.45) is 0 Å². The number of hydrogen-bond acceptors (Lipinski definition) is 3. The van der Waals surface area contributed by atoms with Gasteiger partial charge in [0.15, 0.2) is 0 Å². The molecule has 0 spiro atoms. The van der Waals surface area contributed by atoms with E-state index in [-0.39, 0.29) is 5.91 Å². The van der Waals surface area contributed by atoms with Crippen LogP contribution < -0.4 is 14.8 Å². The monoisotopic (exact) mass is 313 g/mol. The summed E-state index contributed by atoms with van der Waals surface area (Å²) in [6.07, 6.45) is 1.13. The molecule has 23 heavy (non-hydrogen) atoms. The van der Waals surface area contributed by atoms with Gasteiger partial charge in [-0.15, -0.1) is 0 Å². The van der Waals surface area contributed by atoms with Crippen molar-refractivity contribution in [1.29, 1.82) is 0 Å². The molecule has 4 heteroatoms. The van der Waals surface area contributed by atoms with Crippen LogP contribution in [-0.4, -0.2) is 20.1 Å². The molecule has 0 unspecified atom stereocenters. The Kier molecular flexibility index (Phi) is 6.03. The average molecular weight is 313 g/mol. The first-order chi connectivity index (χ1) is 11.1. The van der Waals surface area contributed by atoms with Crippen LogP contribution in [0.1, 0.15) is 23.1 Å². The normalized spacial score (nSPS) is 10.2. The van der Waals surface area contributed by atoms with E-state index in [0.29, 0.717) is 19.4 Å². The van der Waals surface area contributed by atoms with E-state index in [2.05, 4.69) is 5.32 Å². The quantitative estimate of drug-likeness (QED) is 0.853. The molecule has 0 aliphatic carbocycles. The van der Waals surface area contributed by atoms with Crippen LogP contribution in [0.4, 0.5) is 0 Å². The van der Waals surface area contributed by atoms with Crippen LogP contribution in [0.5, 0.6) is 11.5 Å². The summed E-state index contributed by atoms with van der Waals surface area (Å²) in [5, 5.41) is 2.95. The molecule has 0 aliphatic rings. The van der Waals surface area contributed by atoms with Gasteiger partial charge in [-0.2, -0.15) is 0 Å². The van der Waals surface area contributed by atoms with Crippen molar-refractivity contribution in [3.63, 3.8) is 0 Å². The van der Waals surface area contributed by atoms with Crippen molar-refractivity contribution < 1.29 is 14.3 Å². The maximum Gasteiger partial charge on any atom is 0.220 e. The van der Waals surface area contributed by atoms with Crippen LogP contribution in [-0.2, 0) is 17.8 Å². The summed E-state index contributed by atoms with van der Waals surface area (Å²) in [7, 11) is 3.28. The summed E-state index contributed by atoms with van der Waals surface area (Å²) in [5.74, 6) is 1.63. The molecular weight excluding hydrogens is 290 g/mol. The van der Waals surface area contributed by atoms with Crippen LogP contribution in [0, 0.1) is 6.92 Å². The third-order valence-corrected chi connectivity index (χ3v) is 3.69. The van der Waals surface area contributed by atoms with Crippen molar-refractivity contribution in [3.8, 4) is 11.5 Å². The number of carbonyl (C=O) groups is 1. The lowest BCUT2D eigenvalue weighted by atomic mass is 10.1. The molecule has 0 atom stereocenters. The van der Waals surface area contributed by atoms with Gasteiger partial charge in [-0.1, -0.05) is 29.8 Å². The SMILES string of the molecule is COc1cccc(CCC(=O)NCc2cc(C)ccc2OC)c1. The van der Waals surface area contributed by atoms with Gasteiger partial charge in [0.25, 0.3) is 0 Å². The number of nitrogens with one attached hydrogen (secondary N) is 1. The highest BCUT2D eigenvalue weighted by Gasteiger charge is 2.07. The Balaban J connectivity index is 1.86. The predicted molar refractivity (Wildman–Crippen MR) is 90.9 cm³/mol. The Morgan fingerprint density at radius 3 is 2.65 bits per heavy atom. The van der Waals surface area contributed by atoms with E-state index in [4.69, 9.17) is 9.47 Å². The van der Waals surface area contributed by atoms with E-state index >= 15 is 0 Å². The zero-order valence-corrected chi connectivity index (χ0v) is 13.9. The lowest BCUT2D eigenvalue weighted by Crippen LogP contribution is -2.23. The molecule has 1 amide bonds. The average Bonchev–Trinajstić information content (AvgIpc) is 2.58. The first-order valence-electron chi connectivity index (χ1n) is 7.65. The minimum absolute atomic E-state index is 0.0244. The lowest BCUT2D eigenvalue weighted by Gasteiger charge is -2.11. The van der Waals surface area contributed by atoms with E-state index in [0.717, 1.165) is 28.2 Å². The number of benzene rings is 2. The van der Waals surface area contributed by atoms with E-state index in [1.807, 2.05) is 49.4 Å². The summed E-state index contributed by atoms with van der Waals surface area (Å²) in [6.45, 7) is 2.50. The zero-order valence-electron chi connectivity index (χ0n) is 13.9. The molecule has 1 N–H and O–H groups in total. The van der Waals surface area contributed by atoms with E-state index in [9.17, 15) is 4.79 Å². The molecule has 0 radical (unpaired) electrons. The smallest absolute Gasteiger partial charge is 0.220 e. The van der Waals surface area contributed by atoms with Crippen molar-refractivity contribution in [2.75, 3.05) is 14.2 Å². The van der Waals surface area contributed by atoms with Crippen LogP contribution >= 0.6 is 0 Å². The molecule has 0 saturated carbocycles. The fourth-order valence-electron chi connectivity index (χ4n) is 2.41. The largest absolute Gasteiger partial charge is 0.497 e. The molecule has 4 nitrogen and oxygen atoms in total. The summed E-state index contributed by atoms with van der Waals surface area (Å²) in [4.78, 5) is 12.0. The minimum atomic E-state index is 0.0244. The van der Waals surface area contributed by atoms with Gasteiger partial charge in [0, 0.05) is 18.5 Å². The first-order valence-corrected chi connectivity index (χ1v) is 7.65. The first kappa shape index (κ1) is 16.9. The van der Waals surface area contributed by atoms with Crippen LogP contribution in [0.15, 0.2) is 42.5 Å². The maximum absolute atomic E-state index is 12.0. The van der Waals surface area contributed by atoms with E-state index in [1.54, 1.807) is 14.2 Å². The summed E-state index contributed by atoms with van der Waals surface area (Å²) < 4.78 is 10.5. The third-order valence-electron chi connectivity index (χ3n) is 3.69. The molecule has 2 rings (SSSR count). The van der Waals surface area contributed by atoms with Gasteiger partial charge in [0.1, 0.15) is 11.5 Å². The van der Waals surface area contributed by atoms with Gasteiger partial charge in [-0.05, 0) is 37.1 Å². The van der Waals surface area contributed by atoms with Crippen LogP contribution in [0.3, 0.4) is 0 Å². The highest BCUT2D eigenvalue weighted by molar-refractivity contribution is 5.76. The van der Waals surface area contributed by atoms with Crippen molar-refractivity contribution >= 4 is 5.91 Å². The third kappa shape index (κ3) is 5.02. The van der Waals surface area contributed by atoms with Crippen molar-refractivity contribution in [2.45, 2.75) is 26.3 Å². The fourth-order valence-corrected chi connectivity index (χ4v) is 2.41. The Morgan fingerprint density at radius 2 is 1.91 bits per heavy atom. The van der Waals surface area contributed by atoms with E-state index in [1.165, 1.54) is 0 Å². The molecule has 122 valence electrons. The van der Waals surface area contributed by atoms with Crippen molar-refractivity contribution in [1.82, 2.24) is 5.32 Å². The number of aryl methyl sites for hydroxylation is 2. The highest BCUT2D eigenvalue weighted by atomic mass is 16.5. The molecule has 2 aromatic rings. The summed E-state index contributed by atoms with van der Waals surface area (Å²) in [6, 6.07) is 13.7. The molecule has 0 heterocycles. The van der Waals surface area contributed by atoms with Gasteiger partial charge in [-0.25, -0.2) is 0 Å². The second-order valence-electron chi connectivity index (χ2n) is 5.44. The number of amides is 1. The fraction of sp³-hybridized carbons (Fsp3) is 0.316. The summed E-state index contributed by atoms with van der Waals surface area (Å²) >= 11 is 0. The minimum Gasteiger partial charge on any atom is -0.497 e. The molecule has 0 aromatic heterocycles. The number of rotatable bonds is 7. The lowest BCUT2D eigenvalue weighted by molar-refractivity contribution is -0.121. The second-order valence-corrected chi connectivity index (χ2v) is 5.44.